The summed E-state index contributed by atoms with van der Waals surface area (Å²) in [5.41, 5.74) is 1.30. The molecule has 70 valence electrons. The fourth-order valence-electron chi connectivity index (χ4n) is 1.40. The summed E-state index contributed by atoms with van der Waals surface area (Å²) in [7, 11) is 0. The van der Waals surface area contributed by atoms with Gasteiger partial charge < -0.3 is 0 Å². The normalized spacial score (nSPS) is 21.2. The standard InChI is InChI=1S/C11H7BrO2/c12-10-9(13)6-8(11(10)14)7-4-2-1-3-5-7/h1-6,10H. The van der Waals surface area contributed by atoms with Crippen molar-refractivity contribution in [3.05, 3.63) is 42.0 Å². The average molecular weight is 251 g/mol. The third-order valence-corrected chi connectivity index (χ3v) is 2.98. The number of carbonyl (C=O) groups excluding carboxylic acids is 2. The number of hydrogen-bond acceptors (Lipinski definition) is 2. The molecule has 0 saturated heterocycles. The van der Waals surface area contributed by atoms with Gasteiger partial charge in [0.2, 0.25) is 0 Å². The van der Waals surface area contributed by atoms with E-state index in [2.05, 4.69) is 15.9 Å². The summed E-state index contributed by atoms with van der Waals surface area (Å²) in [6.45, 7) is 0. The van der Waals surface area contributed by atoms with Crippen molar-refractivity contribution in [1.29, 1.82) is 0 Å². The first-order valence-electron chi connectivity index (χ1n) is 4.19. The minimum Gasteiger partial charge on any atom is -0.293 e. The molecule has 0 aliphatic heterocycles. The molecular weight excluding hydrogens is 244 g/mol. The van der Waals surface area contributed by atoms with E-state index >= 15 is 0 Å². The van der Waals surface area contributed by atoms with Gasteiger partial charge in [-0.05, 0) is 11.6 Å². The number of allylic oxidation sites excluding steroid dienone is 2. The lowest BCUT2D eigenvalue weighted by Crippen LogP contribution is -2.15. The molecular formula is C11H7BrO2. The van der Waals surface area contributed by atoms with Crippen LogP contribution in [0.15, 0.2) is 36.4 Å². The van der Waals surface area contributed by atoms with Crippen LogP contribution in [0.5, 0.6) is 0 Å². The monoisotopic (exact) mass is 250 g/mol. The predicted molar refractivity (Wildman–Crippen MR) is 57.1 cm³/mol. The van der Waals surface area contributed by atoms with Crippen LogP contribution in [0.4, 0.5) is 0 Å². The highest BCUT2D eigenvalue weighted by molar-refractivity contribution is 9.10. The van der Waals surface area contributed by atoms with Crippen molar-refractivity contribution in [3.63, 3.8) is 0 Å². The topological polar surface area (TPSA) is 34.1 Å². The molecule has 1 aromatic rings. The molecule has 2 nitrogen and oxygen atoms in total. The number of ketones is 2. The number of hydrogen-bond donors (Lipinski definition) is 0. The highest BCUT2D eigenvalue weighted by atomic mass is 79.9. The predicted octanol–water partition coefficient (Wildman–Crippen LogP) is 1.99. The van der Waals surface area contributed by atoms with Gasteiger partial charge in [-0.25, -0.2) is 0 Å². The zero-order valence-electron chi connectivity index (χ0n) is 7.24. The second kappa shape index (κ2) is 3.50. The lowest BCUT2D eigenvalue weighted by Gasteiger charge is -2.00. The van der Waals surface area contributed by atoms with Crippen molar-refractivity contribution in [3.8, 4) is 0 Å². The van der Waals surface area contributed by atoms with Crippen molar-refractivity contribution in [2.75, 3.05) is 0 Å². The third-order valence-electron chi connectivity index (χ3n) is 2.12. The van der Waals surface area contributed by atoms with Gasteiger partial charge in [0, 0.05) is 5.57 Å². The number of halogens is 1. The van der Waals surface area contributed by atoms with E-state index in [1.807, 2.05) is 30.3 Å². The van der Waals surface area contributed by atoms with Crippen LogP contribution in [-0.2, 0) is 9.59 Å². The largest absolute Gasteiger partial charge is 0.293 e. The van der Waals surface area contributed by atoms with Crippen LogP contribution in [0, 0.1) is 0 Å². The van der Waals surface area contributed by atoms with E-state index in [4.69, 9.17) is 0 Å². The van der Waals surface area contributed by atoms with E-state index in [0.717, 1.165) is 5.56 Å². The molecule has 0 saturated carbocycles. The lowest BCUT2D eigenvalue weighted by molar-refractivity contribution is -0.119. The first kappa shape index (κ1) is 9.34. The second-order valence-electron chi connectivity index (χ2n) is 3.05. The van der Waals surface area contributed by atoms with Gasteiger partial charge in [0.1, 0.15) is 4.83 Å². The molecule has 2 rings (SSSR count). The molecule has 0 amide bonds. The van der Waals surface area contributed by atoms with Crippen LogP contribution in [0.3, 0.4) is 0 Å². The van der Waals surface area contributed by atoms with Crippen LogP contribution in [0.25, 0.3) is 5.57 Å². The molecule has 14 heavy (non-hydrogen) atoms. The Bertz CT molecular complexity index is 420. The highest BCUT2D eigenvalue weighted by Crippen LogP contribution is 2.26. The number of alkyl halides is 1. The summed E-state index contributed by atoms with van der Waals surface area (Å²) in [6, 6.07) is 9.20. The quantitative estimate of drug-likeness (QED) is 0.565. The molecule has 0 aromatic heterocycles. The molecule has 0 heterocycles. The molecule has 0 radical (unpaired) electrons. The van der Waals surface area contributed by atoms with Crippen molar-refractivity contribution < 1.29 is 9.59 Å². The van der Waals surface area contributed by atoms with Gasteiger partial charge in [-0.2, -0.15) is 0 Å². The molecule has 0 spiro atoms. The van der Waals surface area contributed by atoms with Crippen LogP contribution in [0.2, 0.25) is 0 Å². The molecule has 3 heteroatoms. The smallest absolute Gasteiger partial charge is 0.185 e. The maximum atomic E-state index is 11.6. The summed E-state index contributed by atoms with van der Waals surface area (Å²) in [5.74, 6) is -0.324. The first-order chi connectivity index (χ1) is 6.70. The first-order valence-corrected chi connectivity index (χ1v) is 5.11. The van der Waals surface area contributed by atoms with Gasteiger partial charge in [0.15, 0.2) is 11.6 Å². The van der Waals surface area contributed by atoms with E-state index in [1.165, 1.54) is 6.08 Å². The average Bonchev–Trinajstić information content (AvgIpc) is 2.47. The zero-order chi connectivity index (χ0) is 10.1. The molecule has 0 fully saturated rings. The fraction of sp³-hybridized carbons (Fsp3) is 0.0909. The van der Waals surface area contributed by atoms with Crippen molar-refractivity contribution in [2.24, 2.45) is 0 Å². The van der Waals surface area contributed by atoms with E-state index < -0.39 is 4.83 Å². The highest BCUT2D eigenvalue weighted by Gasteiger charge is 2.32. The summed E-state index contributed by atoms with van der Waals surface area (Å²) in [6.07, 6.45) is 1.40. The Hall–Kier alpha value is -1.22. The van der Waals surface area contributed by atoms with E-state index in [1.54, 1.807) is 0 Å². The van der Waals surface area contributed by atoms with Crippen LogP contribution >= 0.6 is 15.9 Å². The SMILES string of the molecule is O=C1C=C(c2ccccc2)C(=O)C1Br. The van der Waals surface area contributed by atoms with Crippen LogP contribution in [-0.4, -0.2) is 16.4 Å². The minimum atomic E-state index is -0.683. The number of benzene rings is 1. The Morgan fingerprint density at radius 1 is 1.07 bits per heavy atom. The molecule has 0 bridgehead atoms. The number of Topliss-reactive ketones (excluding diaryl/α,β-unsaturated/α-hetero) is 1. The zero-order valence-corrected chi connectivity index (χ0v) is 8.82. The van der Waals surface area contributed by atoms with Gasteiger partial charge in [-0.15, -0.1) is 0 Å². The minimum absolute atomic E-state index is 0.152. The maximum absolute atomic E-state index is 11.6. The molecule has 0 N–H and O–H groups in total. The van der Waals surface area contributed by atoms with E-state index in [0.29, 0.717) is 5.57 Å². The van der Waals surface area contributed by atoms with Gasteiger partial charge in [-0.3, -0.25) is 9.59 Å². The second-order valence-corrected chi connectivity index (χ2v) is 3.97. The maximum Gasteiger partial charge on any atom is 0.185 e. The molecule has 1 aliphatic carbocycles. The number of carbonyl (C=O) groups is 2. The summed E-state index contributed by atoms with van der Waals surface area (Å²) >= 11 is 3.06. The molecule has 1 unspecified atom stereocenters. The van der Waals surface area contributed by atoms with Crippen molar-refractivity contribution in [1.82, 2.24) is 0 Å². The Morgan fingerprint density at radius 2 is 1.71 bits per heavy atom. The Labute approximate surface area is 89.8 Å². The van der Waals surface area contributed by atoms with Crippen molar-refractivity contribution in [2.45, 2.75) is 4.83 Å². The Morgan fingerprint density at radius 3 is 2.21 bits per heavy atom. The summed E-state index contributed by atoms with van der Waals surface area (Å²) in [5, 5.41) is 0. The Kier molecular flexibility index (Phi) is 2.33. The van der Waals surface area contributed by atoms with Crippen LogP contribution in [0.1, 0.15) is 5.56 Å². The summed E-state index contributed by atoms with van der Waals surface area (Å²) in [4.78, 5) is 22.1. The summed E-state index contributed by atoms with van der Waals surface area (Å²) < 4.78 is 0. The number of rotatable bonds is 1. The van der Waals surface area contributed by atoms with Gasteiger partial charge in [0.25, 0.3) is 0 Å². The lowest BCUT2D eigenvalue weighted by atomic mass is 10.1. The van der Waals surface area contributed by atoms with E-state index in [-0.39, 0.29) is 11.6 Å². The van der Waals surface area contributed by atoms with E-state index in [9.17, 15) is 9.59 Å². The van der Waals surface area contributed by atoms with Crippen LogP contribution < -0.4 is 0 Å². The third kappa shape index (κ3) is 1.44. The Balaban J connectivity index is 2.43. The van der Waals surface area contributed by atoms with Crippen molar-refractivity contribution >= 4 is 33.1 Å². The molecule has 1 aliphatic rings. The molecule has 1 atom stereocenters. The van der Waals surface area contributed by atoms with Gasteiger partial charge in [-0.1, -0.05) is 46.3 Å². The van der Waals surface area contributed by atoms with Gasteiger partial charge in [0.05, 0.1) is 0 Å². The van der Waals surface area contributed by atoms with Gasteiger partial charge >= 0.3 is 0 Å². The molecule has 1 aromatic carbocycles. The fourth-order valence-corrected chi connectivity index (χ4v) is 1.77.